The van der Waals surface area contributed by atoms with Crippen LogP contribution in [0.25, 0.3) is 0 Å². The minimum atomic E-state index is 0.226. The molecule has 0 aromatic carbocycles. The quantitative estimate of drug-likeness (QED) is 0.583. The fraction of sp³-hybridized carbons (Fsp3) is 0.667. The molecule has 0 bridgehead atoms. The van der Waals surface area contributed by atoms with Crippen LogP contribution in [0.4, 0.5) is 5.82 Å². The van der Waals surface area contributed by atoms with Crippen molar-refractivity contribution in [1.82, 2.24) is 15.0 Å². The smallest absolute Gasteiger partial charge is 0.165 e. The molecular weight excluding hydrogens is 144 g/mol. The molecule has 0 aliphatic rings. The average molecular weight is 156 g/mol. The molecule has 0 amide bonds. The summed E-state index contributed by atoms with van der Waals surface area (Å²) in [4.78, 5) is 0. The monoisotopic (exact) mass is 156 g/mol. The molecule has 5 heteroatoms. The van der Waals surface area contributed by atoms with Gasteiger partial charge in [-0.25, -0.2) is 0 Å². The van der Waals surface area contributed by atoms with E-state index in [2.05, 4.69) is 10.3 Å². The van der Waals surface area contributed by atoms with Crippen molar-refractivity contribution in [3.63, 3.8) is 0 Å². The lowest BCUT2D eigenvalue weighted by atomic mass is 10.3. The summed E-state index contributed by atoms with van der Waals surface area (Å²) in [6.07, 6.45) is 3.37. The minimum Gasteiger partial charge on any atom is -0.396 e. The molecule has 0 saturated carbocycles. The van der Waals surface area contributed by atoms with Crippen molar-refractivity contribution in [3.05, 3.63) is 6.20 Å². The molecule has 1 aromatic heterocycles. The first kappa shape index (κ1) is 8.00. The van der Waals surface area contributed by atoms with Crippen LogP contribution < -0.4 is 5.73 Å². The van der Waals surface area contributed by atoms with Crippen molar-refractivity contribution in [2.24, 2.45) is 0 Å². The van der Waals surface area contributed by atoms with Crippen LogP contribution in [0.5, 0.6) is 0 Å². The zero-order valence-electron chi connectivity index (χ0n) is 6.27. The second kappa shape index (κ2) is 3.92. The molecule has 0 radical (unpaired) electrons. The van der Waals surface area contributed by atoms with E-state index in [1.165, 1.54) is 0 Å². The van der Waals surface area contributed by atoms with Crippen LogP contribution >= 0.6 is 0 Å². The van der Waals surface area contributed by atoms with E-state index < -0.39 is 0 Å². The van der Waals surface area contributed by atoms with E-state index in [4.69, 9.17) is 10.8 Å². The van der Waals surface area contributed by atoms with Gasteiger partial charge in [-0.05, 0) is 12.8 Å². The highest BCUT2D eigenvalue weighted by molar-refractivity contribution is 5.19. The van der Waals surface area contributed by atoms with E-state index in [-0.39, 0.29) is 6.61 Å². The lowest BCUT2D eigenvalue weighted by molar-refractivity contribution is 0.280. The van der Waals surface area contributed by atoms with Crippen molar-refractivity contribution in [2.75, 3.05) is 12.3 Å². The van der Waals surface area contributed by atoms with Crippen LogP contribution in [0, 0.1) is 0 Å². The van der Waals surface area contributed by atoms with Gasteiger partial charge in [0.05, 0.1) is 6.20 Å². The number of nitrogens with two attached hydrogens (primary N) is 1. The molecule has 1 rings (SSSR count). The molecule has 1 heterocycles. The maximum atomic E-state index is 8.48. The van der Waals surface area contributed by atoms with Gasteiger partial charge >= 0.3 is 0 Å². The number of aryl methyl sites for hydroxylation is 1. The molecule has 62 valence electrons. The van der Waals surface area contributed by atoms with E-state index in [1.54, 1.807) is 10.9 Å². The molecule has 0 saturated heterocycles. The molecule has 0 spiro atoms. The summed E-state index contributed by atoms with van der Waals surface area (Å²) in [6, 6.07) is 0. The first-order valence-corrected chi connectivity index (χ1v) is 3.59. The van der Waals surface area contributed by atoms with Crippen LogP contribution in [0.3, 0.4) is 0 Å². The number of aliphatic hydroxyl groups is 1. The number of hydrogen-bond acceptors (Lipinski definition) is 4. The zero-order valence-corrected chi connectivity index (χ0v) is 6.27. The SMILES string of the molecule is Nc1cn(CCCCO)nn1. The van der Waals surface area contributed by atoms with Crippen molar-refractivity contribution in [3.8, 4) is 0 Å². The van der Waals surface area contributed by atoms with Gasteiger partial charge in [0.1, 0.15) is 0 Å². The topological polar surface area (TPSA) is 77.0 Å². The van der Waals surface area contributed by atoms with Crippen molar-refractivity contribution >= 4 is 5.82 Å². The van der Waals surface area contributed by atoms with Gasteiger partial charge in [0.25, 0.3) is 0 Å². The summed E-state index contributed by atoms with van der Waals surface area (Å²) in [6.45, 7) is 0.995. The van der Waals surface area contributed by atoms with E-state index >= 15 is 0 Å². The van der Waals surface area contributed by atoms with Gasteiger partial charge in [-0.1, -0.05) is 5.21 Å². The first-order valence-electron chi connectivity index (χ1n) is 3.59. The van der Waals surface area contributed by atoms with Crippen LogP contribution in [-0.2, 0) is 6.54 Å². The van der Waals surface area contributed by atoms with Crippen LogP contribution in [0.1, 0.15) is 12.8 Å². The lowest BCUT2D eigenvalue weighted by Crippen LogP contribution is -1.99. The largest absolute Gasteiger partial charge is 0.396 e. The maximum Gasteiger partial charge on any atom is 0.165 e. The number of hydrogen-bond donors (Lipinski definition) is 2. The Morgan fingerprint density at radius 1 is 1.55 bits per heavy atom. The average Bonchev–Trinajstić information content (AvgIpc) is 2.37. The van der Waals surface area contributed by atoms with Gasteiger partial charge in [-0.2, -0.15) is 0 Å². The van der Waals surface area contributed by atoms with Gasteiger partial charge in [0.2, 0.25) is 0 Å². The Kier molecular flexibility index (Phi) is 2.85. The van der Waals surface area contributed by atoms with Crippen LogP contribution in [-0.4, -0.2) is 26.7 Å². The van der Waals surface area contributed by atoms with Crippen molar-refractivity contribution in [1.29, 1.82) is 0 Å². The van der Waals surface area contributed by atoms with Crippen LogP contribution in [0.15, 0.2) is 6.20 Å². The Hall–Kier alpha value is -1.10. The molecule has 11 heavy (non-hydrogen) atoms. The third-order valence-electron chi connectivity index (χ3n) is 1.35. The van der Waals surface area contributed by atoms with Gasteiger partial charge in [-0.3, -0.25) is 4.68 Å². The van der Waals surface area contributed by atoms with Crippen molar-refractivity contribution in [2.45, 2.75) is 19.4 Å². The summed E-state index contributed by atoms with van der Waals surface area (Å²) in [5, 5.41) is 15.9. The zero-order chi connectivity index (χ0) is 8.10. The third-order valence-corrected chi connectivity index (χ3v) is 1.35. The molecule has 3 N–H and O–H groups in total. The highest BCUT2D eigenvalue weighted by Crippen LogP contribution is 1.96. The fourth-order valence-electron chi connectivity index (χ4n) is 0.808. The Labute approximate surface area is 64.8 Å². The Bertz CT molecular complexity index is 210. The predicted molar refractivity (Wildman–Crippen MR) is 40.8 cm³/mol. The van der Waals surface area contributed by atoms with E-state index in [9.17, 15) is 0 Å². The standard InChI is InChI=1S/C6H12N4O/c7-6-5-10(9-8-6)3-1-2-4-11/h5,11H,1-4,7H2. The highest BCUT2D eigenvalue weighted by atomic mass is 16.2. The summed E-state index contributed by atoms with van der Waals surface area (Å²) in [5.74, 6) is 0.439. The molecule has 5 nitrogen and oxygen atoms in total. The molecule has 0 fully saturated rings. The second-order valence-corrected chi connectivity index (χ2v) is 2.34. The summed E-state index contributed by atoms with van der Waals surface area (Å²) in [7, 11) is 0. The molecule has 0 atom stereocenters. The van der Waals surface area contributed by atoms with Gasteiger partial charge < -0.3 is 10.8 Å². The van der Waals surface area contributed by atoms with E-state index in [1.807, 2.05) is 0 Å². The van der Waals surface area contributed by atoms with Gasteiger partial charge in [0.15, 0.2) is 5.82 Å². The Balaban J connectivity index is 2.27. The van der Waals surface area contributed by atoms with Gasteiger partial charge in [-0.15, -0.1) is 5.10 Å². The molecule has 0 aliphatic heterocycles. The molecule has 0 unspecified atom stereocenters. The summed E-state index contributed by atoms with van der Waals surface area (Å²) < 4.78 is 1.67. The predicted octanol–water partition coefficient (Wildman–Crippen LogP) is -0.367. The Morgan fingerprint density at radius 2 is 2.36 bits per heavy atom. The minimum absolute atomic E-state index is 0.226. The lowest BCUT2D eigenvalue weighted by Gasteiger charge is -1.96. The number of nitrogens with zero attached hydrogens (tertiary/aromatic N) is 3. The van der Waals surface area contributed by atoms with E-state index in [0.717, 1.165) is 19.4 Å². The van der Waals surface area contributed by atoms with Gasteiger partial charge in [0, 0.05) is 13.2 Å². The highest BCUT2D eigenvalue weighted by Gasteiger charge is 1.94. The number of unbranched alkanes of at least 4 members (excludes halogenated alkanes) is 1. The third kappa shape index (κ3) is 2.55. The first-order chi connectivity index (χ1) is 5.33. The number of anilines is 1. The number of aromatic nitrogens is 3. The van der Waals surface area contributed by atoms with Crippen molar-refractivity contribution < 1.29 is 5.11 Å². The van der Waals surface area contributed by atoms with Crippen LogP contribution in [0.2, 0.25) is 0 Å². The number of nitrogen functional groups attached to an aromatic ring is 1. The fourth-order valence-corrected chi connectivity index (χ4v) is 0.808. The summed E-state index contributed by atoms with van der Waals surface area (Å²) in [5.41, 5.74) is 5.34. The molecular formula is C6H12N4O. The maximum absolute atomic E-state index is 8.48. The number of rotatable bonds is 4. The second-order valence-electron chi connectivity index (χ2n) is 2.34. The summed E-state index contributed by atoms with van der Waals surface area (Å²) >= 11 is 0. The molecule has 1 aromatic rings. The Morgan fingerprint density at radius 3 is 2.91 bits per heavy atom. The normalized spacial score (nSPS) is 10.3. The molecule has 0 aliphatic carbocycles. The van der Waals surface area contributed by atoms with E-state index in [0.29, 0.717) is 5.82 Å². The number of aliphatic hydroxyl groups excluding tert-OH is 1.